The number of carbonyl (C=O) groups excluding carboxylic acids is 4. The van der Waals surface area contributed by atoms with Crippen LogP contribution in [0.3, 0.4) is 0 Å². The molecule has 0 aromatic heterocycles. The van der Waals surface area contributed by atoms with Gasteiger partial charge in [-0.2, -0.15) is 0 Å². The molecule has 2 aliphatic heterocycles. The molecule has 9 heteroatoms. The number of hydrazine groups is 1. The third-order valence-corrected chi connectivity index (χ3v) is 4.04. The van der Waals surface area contributed by atoms with Gasteiger partial charge in [0.15, 0.2) is 11.7 Å². The van der Waals surface area contributed by atoms with Gasteiger partial charge in [-0.25, -0.2) is 14.7 Å². The van der Waals surface area contributed by atoms with Crippen molar-refractivity contribution >= 4 is 41.0 Å². The molecule has 0 saturated carbocycles. The maximum Gasteiger partial charge on any atom is 0.356 e. The Morgan fingerprint density at radius 2 is 2.04 bits per heavy atom. The Bertz CT molecular complexity index is 835. The SMILES string of the molecule is CCOC(=O)C1=C2C(=O)N(c3cccc(Cl)c3)C(=O)[C@@H]2N(C(C)=O)N1. The highest BCUT2D eigenvalue weighted by Gasteiger charge is 2.55. The van der Waals surface area contributed by atoms with Gasteiger partial charge in [-0.15, -0.1) is 0 Å². The number of halogens is 1. The molecule has 0 radical (unpaired) electrons. The van der Waals surface area contributed by atoms with E-state index in [0.717, 1.165) is 9.91 Å². The lowest BCUT2D eigenvalue weighted by Crippen LogP contribution is -2.48. The zero-order valence-electron chi connectivity index (χ0n) is 13.4. The molecular weight excluding hydrogens is 350 g/mol. The zero-order valence-corrected chi connectivity index (χ0v) is 14.2. The predicted molar refractivity (Wildman–Crippen MR) is 87.0 cm³/mol. The van der Waals surface area contributed by atoms with Crippen LogP contribution < -0.4 is 10.3 Å². The molecule has 2 heterocycles. The average molecular weight is 364 g/mol. The second-order valence-corrected chi connectivity index (χ2v) is 5.81. The van der Waals surface area contributed by atoms with Crippen LogP contribution in [0.1, 0.15) is 13.8 Å². The summed E-state index contributed by atoms with van der Waals surface area (Å²) in [5, 5.41) is 1.29. The third-order valence-electron chi connectivity index (χ3n) is 3.81. The highest BCUT2D eigenvalue weighted by atomic mass is 35.5. The van der Waals surface area contributed by atoms with Gasteiger partial charge in [0.25, 0.3) is 11.8 Å². The zero-order chi connectivity index (χ0) is 18.3. The topological polar surface area (TPSA) is 96.0 Å². The van der Waals surface area contributed by atoms with Crippen LogP contribution in [-0.4, -0.2) is 41.3 Å². The van der Waals surface area contributed by atoms with Gasteiger partial charge in [-0.1, -0.05) is 17.7 Å². The summed E-state index contributed by atoms with van der Waals surface area (Å²) in [6.07, 6.45) is 0. The molecule has 8 nitrogen and oxygen atoms in total. The van der Waals surface area contributed by atoms with Crippen LogP contribution in [0.5, 0.6) is 0 Å². The minimum Gasteiger partial charge on any atom is -0.461 e. The normalized spacial score (nSPS) is 19.2. The number of esters is 1. The molecule has 1 saturated heterocycles. The van der Waals surface area contributed by atoms with Crippen molar-refractivity contribution in [1.29, 1.82) is 0 Å². The Balaban J connectivity index is 2.10. The van der Waals surface area contributed by atoms with E-state index in [1.807, 2.05) is 0 Å². The number of nitrogens with zero attached hydrogens (tertiary/aromatic N) is 2. The standard InChI is InChI=1S/C16H14ClN3O5/c1-3-25-16(24)12-11-13(20(18-12)8(2)21)15(23)19(14(11)22)10-6-4-5-9(17)7-10/h4-7,13,18H,3H2,1-2H3/t13-/m1/s1. The second kappa shape index (κ2) is 6.21. The summed E-state index contributed by atoms with van der Waals surface area (Å²) in [5.74, 6) is -2.67. The highest BCUT2D eigenvalue weighted by Crippen LogP contribution is 2.35. The molecule has 1 aromatic rings. The van der Waals surface area contributed by atoms with E-state index in [9.17, 15) is 19.2 Å². The summed E-state index contributed by atoms with van der Waals surface area (Å²) in [6, 6.07) is 4.97. The first kappa shape index (κ1) is 17.0. The summed E-state index contributed by atoms with van der Waals surface area (Å²) in [6.45, 7) is 2.92. The van der Waals surface area contributed by atoms with E-state index in [4.69, 9.17) is 16.3 Å². The Labute approximate surface area is 147 Å². The minimum absolute atomic E-state index is 0.0855. The Morgan fingerprint density at radius 3 is 2.64 bits per heavy atom. The van der Waals surface area contributed by atoms with Gasteiger partial charge in [-0.05, 0) is 25.1 Å². The quantitative estimate of drug-likeness (QED) is 0.629. The summed E-state index contributed by atoms with van der Waals surface area (Å²) >= 11 is 5.93. The fourth-order valence-corrected chi connectivity index (χ4v) is 2.98. The number of carbonyl (C=O) groups is 4. The number of fused-ring (bicyclic) bond motifs is 1. The molecule has 1 aromatic carbocycles. The summed E-state index contributed by atoms with van der Waals surface area (Å²) in [4.78, 5) is 50.5. The van der Waals surface area contributed by atoms with E-state index >= 15 is 0 Å². The molecule has 0 spiro atoms. The molecule has 3 rings (SSSR count). The predicted octanol–water partition coefficient (Wildman–Crippen LogP) is 0.766. The van der Waals surface area contributed by atoms with E-state index in [0.29, 0.717) is 5.02 Å². The van der Waals surface area contributed by atoms with Crippen LogP contribution in [0.15, 0.2) is 35.5 Å². The minimum atomic E-state index is -1.22. The van der Waals surface area contributed by atoms with E-state index in [1.54, 1.807) is 25.1 Å². The molecular formula is C16H14ClN3O5. The van der Waals surface area contributed by atoms with Crippen molar-refractivity contribution in [2.45, 2.75) is 19.9 Å². The van der Waals surface area contributed by atoms with E-state index < -0.39 is 29.7 Å². The van der Waals surface area contributed by atoms with E-state index in [1.165, 1.54) is 13.0 Å². The fourth-order valence-electron chi connectivity index (χ4n) is 2.79. The molecule has 1 atom stereocenters. The number of amides is 3. The smallest absolute Gasteiger partial charge is 0.356 e. The van der Waals surface area contributed by atoms with Gasteiger partial charge >= 0.3 is 5.97 Å². The number of rotatable bonds is 3. The molecule has 130 valence electrons. The van der Waals surface area contributed by atoms with Gasteiger partial charge in [0.05, 0.1) is 17.9 Å². The fraction of sp³-hybridized carbons (Fsp3) is 0.250. The summed E-state index contributed by atoms with van der Waals surface area (Å²) in [7, 11) is 0. The average Bonchev–Trinajstić information content (AvgIpc) is 3.06. The van der Waals surface area contributed by atoms with Crippen molar-refractivity contribution in [1.82, 2.24) is 10.4 Å². The van der Waals surface area contributed by atoms with E-state index in [-0.39, 0.29) is 23.6 Å². The van der Waals surface area contributed by atoms with Crippen LogP contribution in [0, 0.1) is 0 Å². The highest BCUT2D eigenvalue weighted by molar-refractivity contribution is 6.34. The number of imide groups is 1. The van der Waals surface area contributed by atoms with Crippen LogP contribution in [0.4, 0.5) is 5.69 Å². The summed E-state index contributed by atoms with van der Waals surface area (Å²) < 4.78 is 4.91. The maximum atomic E-state index is 12.8. The number of ether oxygens (including phenoxy) is 1. The lowest BCUT2D eigenvalue weighted by atomic mass is 10.1. The molecule has 0 unspecified atom stereocenters. The van der Waals surface area contributed by atoms with Crippen LogP contribution in [0.2, 0.25) is 5.02 Å². The summed E-state index contributed by atoms with van der Waals surface area (Å²) in [5.41, 5.74) is 2.46. The number of nitrogens with one attached hydrogen (secondary N) is 1. The van der Waals surface area contributed by atoms with Crippen LogP contribution in [0.25, 0.3) is 0 Å². The van der Waals surface area contributed by atoms with Crippen molar-refractivity contribution in [3.05, 3.63) is 40.6 Å². The Morgan fingerprint density at radius 1 is 1.32 bits per heavy atom. The van der Waals surface area contributed by atoms with Gasteiger partial charge in [-0.3, -0.25) is 19.8 Å². The molecule has 1 N–H and O–H groups in total. The Hall–Kier alpha value is -2.87. The molecule has 2 aliphatic rings. The van der Waals surface area contributed by atoms with Gasteiger partial charge in [0, 0.05) is 11.9 Å². The van der Waals surface area contributed by atoms with E-state index in [2.05, 4.69) is 5.43 Å². The Kier molecular flexibility index (Phi) is 4.22. The maximum absolute atomic E-state index is 12.8. The second-order valence-electron chi connectivity index (χ2n) is 5.37. The number of anilines is 1. The van der Waals surface area contributed by atoms with Crippen molar-refractivity contribution < 1.29 is 23.9 Å². The van der Waals surface area contributed by atoms with Gasteiger partial charge < -0.3 is 4.74 Å². The molecule has 25 heavy (non-hydrogen) atoms. The molecule has 0 aliphatic carbocycles. The lowest BCUT2D eigenvalue weighted by Gasteiger charge is -2.23. The molecule has 3 amide bonds. The number of hydrogen-bond acceptors (Lipinski definition) is 6. The largest absolute Gasteiger partial charge is 0.461 e. The van der Waals surface area contributed by atoms with Crippen molar-refractivity contribution in [2.75, 3.05) is 11.5 Å². The molecule has 0 bridgehead atoms. The first-order valence-corrected chi connectivity index (χ1v) is 7.86. The van der Waals surface area contributed by atoms with Gasteiger partial charge in [0.2, 0.25) is 5.91 Å². The van der Waals surface area contributed by atoms with Crippen LogP contribution in [-0.2, 0) is 23.9 Å². The first-order valence-electron chi connectivity index (χ1n) is 7.48. The molecule has 1 fully saturated rings. The van der Waals surface area contributed by atoms with Gasteiger partial charge in [0.1, 0.15) is 0 Å². The third kappa shape index (κ3) is 2.64. The van der Waals surface area contributed by atoms with Crippen molar-refractivity contribution in [2.24, 2.45) is 0 Å². The van der Waals surface area contributed by atoms with Crippen LogP contribution >= 0.6 is 11.6 Å². The number of benzene rings is 1. The van der Waals surface area contributed by atoms with Crippen molar-refractivity contribution in [3.8, 4) is 0 Å². The van der Waals surface area contributed by atoms with Crippen molar-refractivity contribution in [3.63, 3.8) is 0 Å². The monoisotopic (exact) mass is 363 g/mol. The first-order chi connectivity index (χ1) is 11.9. The lowest BCUT2D eigenvalue weighted by molar-refractivity contribution is -0.141. The number of hydrogen-bond donors (Lipinski definition) is 1.